The molecule has 0 spiro atoms. The molecule has 7 nitrogen and oxygen atoms in total. The highest BCUT2D eigenvalue weighted by atomic mass is 32.2. The van der Waals surface area contributed by atoms with Gasteiger partial charge in [-0.2, -0.15) is 5.10 Å². The van der Waals surface area contributed by atoms with Crippen LogP contribution in [0, 0.1) is 0 Å². The third-order valence-corrected chi connectivity index (χ3v) is 6.01. The zero-order chi connectivity index (χ0) is 21.7. The molecule has 0 bridgehead atoms. The molecule has 30 heavy (non-hydrogen) atoms. The number of nitrogens with zero attached hydrogens (tertiary/aromatic N) is 3. The largest absolute Gasteiger partial charge is 0.497 e. The first kappa shape index (κ1) is 22.2. The quantitative estimate of drug-likeness (QED) is 0.537. The zero-order valence-corrected chi connectivity index (χ0v) is 19.4. The van der Waals surface area contributed by atoms with Crippen molar-refractivity contribution in [3.05, 3.63) is 41.8 Å². The Kier molecular flexibility index (Phi) is 7.04. The molecule has 0 fully saturated rings. The molecule has 2 heterocycles. The summed E-state index contributed by atoms with van der Waals surface area (Å²) in [5, 5.41) is 7.91. The number of hydrogen-bond donors (Lipinski definition) is 1. The second kappa shape index (κ2) is 9.53. The van der Waals surface area contributed by atoms with Crippen LogP contribution >= 0.6 is 23.1 Å². The zero-order valence-electron chi connectivity index (χ0n) is 17.8. The van der Waals surface area contributed by atoms with E-state index in [1.807, 2.05) is 56.2 Å². The van der Waals surface area contributed by atoms with Gasteiger partial charge in [0.15, 0.2) is 0 Å². The Morgan fingerprint density at radius 2 is 2.03 bits per heavy atom. The van der Waals surface area contributed by atoms with Crippen LogP contribution in [0.4, 0.5) is 4.79 Å². The Morgan fingerprint density at radius 3 is 2.70 bits per heavy atom. The van der Waals surface area contributed by atoms with Gasteiger partial charge < -0.3 is 14.8 Å². The third-order valence-electron chi connectivity index (χ3n) is 3.94. The van der Waals surface area contributed by atoms with Gasteiger partial charge in [0.1, 0.15) is 16.4 Å². The minimum Gasteiger partial charge on any atom is -0.497 e. The van der Waals surface area contributed by atoms with Gasteiger partial charge in [-0.25, -0.2) is 9.78 Å². The molecule has 1 aromatic carbocycles. The number of thiazole rings is 1. The second-order valence-electron chi connectivity index (χ2n) is 7.51. The summed E-state index contributed by atoms with van der Waals surface area (Å²) >= 11 is 3.14. The lowest BCUT2D eigenvalue weighted by atomic mass is 10.1. The van der Waals surface area contributed by atoms with Crippen molar-refractivity contribution >= 4 is 29.2 Å². The van der Waals surface area contributed by atoms with Gasteiger partial charge in [-0.3, -0.25) is 4.68 Å². The number of carbonyl (C=O) groups excluding carboxylic acids is 1. The van der Waals surface area contributed by atoms with Gasteiger partial charge in [-0.1, -0.05) is 11.8 Å². The summed E-state index contributed by atoms with van der Waals surface area (Å²) in [6, 6.07) is 6.11. The highest BCUT2D eigenvalue weighted by molar-refractivity contribution is 8.01. The first-order valence-electron chi connectivity index (χ1n) is 9.57. The van der Waals surface area contributed by atoms with Crippen molar-refractivity contribution in [2.24, 2.45) is 0 Å². The Hall–Kier alpha value is -2.52. The molecule has 0 aliphatic carbocycles. The molecule has 0 atom stereocenters. The standard InChI is InChI=1S/C21H26N4O3S2/c1-6-25-13-15(10-24-25)14-7-16(27-5)9-17(8-14)29-19-12-22-18(30-19)11-23-20(26)28-21(2,3)4/h7-10,12-13H,6,11H2,1-5H3,(H,23,26). The number of aromatic nitrogens is 3. The number of methoxy groups -OCH3 is 1. The second-order valence-corrected chi connectivity index (χ2v) is 10.0. The van der Waals surface area contributed by atoms with E-state index in [0.29, 0.717) is 6.54 Å². The molecule has 9 heteroatoms. The average Bonchev–Trinajstić information content (AvgIpc) is 3.34. The van der Waals surface area contributed by atoms with Crippen LogP contribution < -0.4 is 10.1 Å². The van der Waals surface area contributed by atoms with Crippen LogP contribution in [0.15, 0.2) is 45.9 Å². The maximum atomic E-state index is 11.8. The SMILES string of the molecule is CCn1cc(-c2cc(OC)cc(Sc3cnc(CNC(=O)OC(C)(C)C)s3)c2)cn1. The fourth-order valence-corrected chi connectivity index (χ4v) is 4.63. The molecule has 2 aromatic heterocycles. The van der Waals surface area contributed by atoms with Crippen LogP contribution in [-0.2, 0) is 17.8 Å². The van der Waals surface area contributed by atoms with E-state index >= 15 is 0 Å². The van der Waals surface area contributed by atoms with Gasteiger partial charge >= 0.3 is 6.09 Å². The summed E-state index contributed by atoms with van der Waals surface area (Å²) in [7, 11) is 1.66. The topological polar surface area (TPSA) is 78.3 Å². The van der Waals surface area contributed by atoms with E-state index < -0.39 is 11.7 Å². The number of alkyl carbamates (subject to hydrolysis) is 1. The van der Waals surface area contributed by atoms with Gasteiger partial charge in [-0.15, -0.1) is 11.3 Å². The van der Waals surface area contributed by atoms with E-state index in [4.69, 9.17) is 9.47 Å². The molecule has 1 amide bonds. The molecule has 0 aliphatic heterocycles. The number of carbonyl (C=O) groups is 1. The molecule has 0 saturated heterocycles. The van der Waals surface area contributed by atoms with Crippen molar-refractivity contribution in [3.8, 4) is 16.9 Å². The lowest BCUT2D eigenvalue weighted by Gasteiger charge is -2.19. The van der Waals surface area contributed by atoms with Gasteiger partial charge in [0, 0.05) is 23.2 Å². The first-order chi connectivity index (χ1) is 14.3. The van der Waals surface area contributed by atoms with Crippen LogP contribution in [0.1, 0.15) is 32.7 Å². The predicted octanol–water partition coefficient (Wildman–Crippen LogP) is 5.21. The fraction of sp³-hybridized carbons (Fsp3) is 0.381. The molecule has 3 rings (SSSR count). The fourth-order valence-electron chi connectivity index (χ4n) is 2.60. The van der Waals surface area contributed by atoms with E-state index in [-0.39, 0.29) is 0 Å². The summed E-state index contributed by atoms with van der Waals surface area (Å²) in [5.74, 6) is 0.788. The molecule has 0 radical (unpaired) electrons. The average molecular weight is 447 g/mol. The van der Waals surface area contributed by atoms with Crippen molar-refractivity contribution in [3.63, 3.8) is 0 Å². The Morgan fingerprint density at radius 1 is 1.23 bits per heavy atom. The monoisotopic (exact) mass is 446 g/mol. The molecule has 0 saturated carbocycles. The maximum Gasteiger partial charge on any atom is 0.408 e. The highest BCUT2D eigenvalue weighted by Gasteiger charge is 2.16. The first-order valence-corrected chi connectivity index (χ1v) is 11.2. The number of benzene rings is 1. The van der Waals surface area contributed by atoms with Crippen LogP contribution in [0.25, 0.3) is 11.1 Å². The van der Waals surface area contributed by atoms with Gasteiger partial charge in [-0.05, 0) is 51.5 Å². The summed E-state index contributed by atoms with van der Waals surface area (Å²) < 4.78 is 13.7. The third kappa shape index (κ3) is 6.24. The van der Waals surface area contributed by atoms with Crippen LogP contribution in [0.5, 0.6) is 5.75 Å². The molecular formula is C21H26N4O3S2. The molecule has 3 aromatic rings. The lowest BCUT2D eigenvalue weighted by Crippen LogP contribution is -2.32. The van der Waals surface area contributed by atoms with Gasteiger partial charge in [0.05, 0.1) is 30.3 Å². The number of hydrogen-bond acceptors (Lipinski definition) is 7. The Labute approximate surface area is 184 Å². The molecule has 160 valence electrons. The smallest absolute Gasteiger partial charge is 0.408 e. The number of aryl methyl sites for hydroxylation is 1. The minimum absolute atomic E-state index is 0.333. The predicted molar refractivity (Wildman–Crippen MR) is 119 cm³/mol. The molecule has 1 N–H and O–H groups in total. The van der Waals surface area contributed by atoms with E-state index in [1.165, 1.54) is 11.3 Å². The summed E-state index contributed by atoms with van der Waals surface area (Å²) in [6.07, 6.45) is 5.25. The summed E-state index contributed by atoms with van der Waals surface area (Å²) in [5.41, 5.74) is 1.57. The lowest BCUT2D eigenvalue weighted by molar-refractivity contribution is 0.0523. The number of rotatable bonds is 7. The van der Waals surface area contributed by atoms with Crippen LogP contribution in [0.2, 0.25) is 0 Å². The van der Waals surface area contributed by atoms with Crippen LogP contribution in [-0.4, -0.2) is 33.6 Å². The molecule has 0 aliphatic rings. The van der Waals surface area contributed by atoms with E-state index in [9.17, 15) is 4.79 Å². The van der Waals surface area contributed by atoms with Crippen molar-refractivity contribution in [1.82, 2.24) is 20.1 Å². The summed E-state index contributed by atoms with van der Waals surface area (Å²) in [6.45, 7) is 8.72. The van der Waals surface area contributed by atoms with Gasteiger partial charge in [0.25, 0.3) is 0 Å². The maximum absolute atomic E-state index is 11.8. The number of ether oxygens (including phenoxy) is 2. The Bertz CT molecular complexity index is 1010. The van der Waals surface area contributed by atoms with Gasteiger partial charge in [0.2, 0.25) is 0 Å². The van der Waals surface area contributed by atoms with Crippen molar-refractivity contribution < 1.29 is 14.3 Å². The number of amides is 1. The van der Waals surface area contributed by atoms with Crippen molar-refractivity contribution in [1.29, 1.82) is 0 Å². The summed E-state index contributed by atoms with van der Waals surface area (Å²) in [4.78, 5) is 17.3. The Balaban J connectivity index is 1.69. The molecule has 0 unspecified atom stereocenters. The van der Waals surface area contributed by atoms with Crippen molar-refractivity contribution in [2.45, 2.75) is 55.5 Å². The highest BCUT2D eigenvalue weighted by Crippen LogP contribution is 2.37. The van der Waals surface area contributed by atoms with E-state index in [0.717, 1.165) is 37.5 Å². The van der Waals surface area contributed by atoms with Crippen molar-refractivity contribution in [2.75, 3.05) is 7.11 Å². The molecular weight excluding hydrogens is 420 g/mol. The van der Waals surface area contributed by atoms with E-state index in [1.54, 1.807) is 18.9 Å². The van der Waals surface area contributed by atoms with E-state index in [2.05, 4.69) is 28.4 Å². The van der Waals surface area contributed by atoms with Crippen LogP contribution in [0.3, 0.4) is 0 Å². The normalized spacial score (nSPS) is 11.4. The minimum atomic E-state index is -0.522. The number of nitrogens with one attached hydrogen (secondary N) is 1.